The maximum Gasteiger partial charge on any atom is 0.0607 e. The summed E-state index contributed by atoms with van der Waals surface area (Å²) in [4.78, 5) is 0. The van der Waals surface area contributed by atoms with Gasteiger partial charge in [-0.15, -0.1) is 0 Å². The number of hydrogen-bond donors (Lipinski definition) is 3. The van der Waals surface area contributed by atoms with Crippen molar-refractivity contribution in [2.45, 2.75) is 32.5 Å². The number of aromatic nitrogens is 2. The molecule has 1 rings (SSSR count). The van der Waals surface area contributed by atoms with E-state index in [9.17, 15) is 0 Å². The molecule has 3 N–H and O–H groups in total. The number of nitrogens with zero attached hydrogens (tertiary/aromatic N) is 2. The summed E-state index contributed by atoms with van der Waals surface area (Å²) in [7, 11) is 0. The minimum atomic E-state index is -0.255. The van der Waals surface area contributed by atoms with Crippen LogP contribution in [0.25, 0.3) is 0 Å². The van der Waals surface area contributed by atoms with Crippen molar-refractivity contribution in [3.8, 4) is 0 Å². The molecule has 0 spiro atoms. The molecule has 0 saturated heterocycles. The van der Waals surface area contributed by atoms with Crippen LogP contribution in [0.5, 0.6) is 0 Å². The molecule has 0 aromatic carbocycles. The molecule has 0 unspecified atom stereocenters. The quantitative estimate of drug-likeness (QED) is 0.583. The van der Waals surface area contributed by atoms with E-state index >= 15 is 0 Å². The van der Waals surface area contributed by atoms with Gasteiger partial charge in [-0.25, -0.2) is 0 Å². The van der Waals surface area contributed by atoms with E-state index in [-0.39, 0.29) is 19.3 Å². The summed E-state index contributed by atoms with van der Waals surface area (Å²) in [5.74, 6) is 0. The molecule has 1 aromatic rings. The molecule has 0 aliphatic rings. The Morgan fingerprint density at radius 3 is 2.80 bits per heavy atom. The minimum absolute atomic E-state index is 0.0571. The van der Waals surface area contributed by atoms with Gasteiger partial charge in [-0.05, 0) is 12.5 Å². The molecule has 0 atom stereocenters. The molecule has 15 heavy (non-hydrogen) atoms. The summed E-state index contributed by atoms with van der Waals surface area (Å²) in [6.45, 7) is 3.50. The van der Waals surface area contributed by atoms with Crippen LogP contribution < -0.4 is 5.32 Å². The first-order valence-electron chi connectivity index (χ1n) is 5.27. The maximum atomic E-state index is 8.88. The van der Waals surface area contributed by atoms with Crippen LogP contribution in [0.1, 0.15) is 19.0 Å². The highest BCUT2D eigenvalue weighted by Crippen LogP contribution is 2.00. The van der Waals surface area contributed by atoms with Gasteiger partial charge in [0.15, 0.2) is 0 Å². The Labute approximate surface area is 89.7 Å². The maximum absolute atomic E-state index is 8.88. The molecule has 0 aliphatic heterocycles. The molecule has 0 amide bonds. The summed E-state index contributed by atoms with van der Waals surface area (Å²) >= 11 is 0. The minimum Gasteiger partial charge on any atom is -0.395 e. The Morgan fingerprint density at radius 1 is 1.47 bits per heavy atom. The largest absolute Gasteiger partial charge is 0.395 e. The Balaban J connectivity index is 2.45. The highest BCUT2D eigenvalue weighted by atomic mass is 16.3. The van der Waals surface area contributed by atoms with Gasteiger partial charge in [0.05, 0.1) is 24.9 Å². The van der Waals surface area contributed by atoms with E-state index in [1.165, 1.54) is 0 Å². The monoisotopic (exact) mass is 213 g/mol. The molecule has 0 aliphatic carbocycles. The van der Waals surface area contributed by atoms with Crippen molar-refractivity contribution in [1.29, 1.82) is 0 Å². The topological polar surface area (TPSA) is 70.3 Å². The molecular weight excluding hydrogens is 194 g/mol. The fourth-order valence-corrected chi connectivity index (χ4v) is 1.36. The lowest BCUT2D eigenvalue weighted by Crippen LogP contribution is -2.35. The molecule has 5 heteroatoms. The fraction of sp³-hybridized carbons (Fsp3) is 0.700. The molecule has 0 fully saturated rings. The summed E-state index contributed by atoms with van der Waals surface area (Å²) in [6.07, 6.45) is 2.80. The van der Waals surface area contributed by atoms with Crippen molar-refractivity contribution in [1.82, 2.24) is 15.1 Å². The molecule has 0 radical (unpaired) electrons. The Kier molecular flexibility index (Phi) is 5.31. The van der Waals surface area contributed by atoms with Crippen LogP contribution in [0.2, 0.25) is 0 Å². The van der Waals surface area contributed by atoms with Crippen LogP contribution in [0, 0.1) is 0 Å². The summed E-state index contributed by atoms with van der Waals surface area (Å²) in [5.41, 5.74) is 1.07. The summed E-state index contributed by atoms with van der Waals surface area (Å²) < 4.78 is 1.93. The highest BCUT2D eigenvalue weighted by Gasteiger charge is 2.06. The van der Waals surface area contributed by atoms with Gasteiger partial charge in [-0.2, -0.15) is 5.10 Å². The lowest BCUT2D eigenvalue weighted by Gasteiger charge is -2.13. The van der Waals surface area contributed by atoms with Crippen molar-refractivity contribution in [3.63, 3.8) is 0 Å². The van der Waals surface area contributed by atoms with Gasteiger partial charge in [-0.3, -0.25) is 4.68 Å². The normalized spacial score (nSPS) is 11.2. The molecule has 1 heterocycles. The second-order valence-electron chi connectivity index (χ2n) is 3.49. The molecule has 0 bridgehead atoms. The summed E-state index contributed by atoms with van der Waals surface area (Å²) in [5, 5.41) is 25.0. The average Bonchev–Trinajstić information content (AvgIpc) is 2.68. The molecule has 0 saturated carbocycles. The van der Waals surface area contributed by atoms with Gasteiger partial charge in [0.25, 0.3) is 0 Å². The van der Waals surface area contributed by atoms with Crippen molar-refractivity contribution >= 4 is 0 Å². The SMILES string of the molecule is CCCn1nccc1CNC(CO)CO. The molecule has 5 nitrogen and oxygen atoms in total. The van der Waals surface area contributed by atoms with E-state index in [0.717, 1.165) is 18.7 Å². The number of aliphatic hydroxyl groups excluding tert-OH is 2. The van der Waals surface area contributed by atoms with E-state index < -0.39 is 0 Å². The molecule has 86 valence electrons. The van der Waals surface area contributed by atoms with Gasteiger partial charge in [0.1, 0.15) is 0 Å². The lowest BCUT2D eigenvalue weighted by molar-refractivity contribution is 0.169. The predicted molar refractivity (Wildman–Crippen MR) is 57.3 cm³/mol. The van der Waals surface area contributed by atoms with E-state index in [2.05, 4.69) is 17.3 Å². The van der Waals surface area contributed by atoms with Gasteiger partial charge in [-0.1, -0.05) is 6.92 Å². The van der Waals surface area contributed by atoms with Crippen molar-refractivity contribution < 1.29 is 10.2 Å². The second-order valence-corrected chi connectivity index (χ2v) is 3.49. The third kappa shape index (κ3) is 3.62. The van der Waals surface area contributed by atoms with E-state index in [0.29, 0.717) is 6.54 Å². The van der Waals surface area contributed by atoms with Crippen molar-refractivity contribution in [2.24, 2.45) is 0 Å². The number of rotatable bonds is 7. The number of nitrogens with one attached hydrogen (secondary N) is 1. The molecule has 1 aromatic heterocycles. The second kappa shape index (κ2) is 6.55. The average molecular weight is 213 g/mol. The first-order valence-corrected chi connectivity index (χ1v) is 5.27. The van der Waals surface area contributed by atoms with Crippen LogP contribution in [0.3, 0.4) is 0 Å². The summed E-state index contributed by atoms with van der Waals surface area (Å²) in [6, 6.07) is 1.68. The zero-order valence-electron chi connectivity index (χ0n) is 9.06. The predicted octanol–water partition coefficient (Wildman–Crippen LogP) is -0.264. The van der Waals surface area contributed by atoms with Gasteiger partial charge < -0.3 is 15.5 Å². The third-order valence-electron chi connectivity index (χ3n) is 2.25. The Hall–Kier alpha value is -0.910. The van der Waals surface area contributed by atoms with Crippen LogP contribution in [-0.4, -0.2) is 39.2 Å². The Morgan fingerprint density at radius 2 is 2.20 bits per heavy atom. The first kappa shape index (κ1) is 12.2. The van der Waals surface area contributed by atoms with E-state index in [1.54, 1.807) is 6.20 Å². The van der Waals surface area contributed by atoms with Crippen molar-refractivity contribution in [2.75, 3.05) is 13.2 Å². The Bertz CT molecular complexity index is 271. The van der Waals surface area contributed by atoms with Crippen LogP contribution in [-0.2, 0) is 13.1 Å². The first-order chi connectivity index (χ1) is 7.31. The van der Waals surface area contributed by atoms with E-state index in [4.69, 9.17) is 10.2 Å². The highest BCUT2D eigenvalue weighted by molar-refractivity contribution is 5.00. The third-order valence-corrected chi connectivity index (χ3v) is 2.25. The van der Waals surface area contributed by atoms with Gasteiger partial charge >= 0.3 is 0 Å². The van der Waals surface area contributed by atoms with Gasteiger partial charge in [0, 0.05) is 19.3 Å². The standard InChI is InChI=1S/C10H19N3O2/c1-2-5-13-10(3-4-12-13)6-11-9(7-14)8-15/h3-4,9,11,14-15H,2,5-8H2,1H3. The van der Waals surface area contributed by atoms with Gasteiger partial charge in [0.2, 0.25) is 0 Å². The number of aryl methyl sites for hydroxylation is 1. The number of hydrogen-bond acceptors (Lipinski definition) is 4. The fourth-order valence-electron chi connectivity index (χ4n) is 1.36. The van der Waals surface area contributed by atoms with E-state index in [1.807, 2.05) is 10.7 Å². The zero-order valence-corrected chi connectivity index (χ0v) is 9.06. The smallest absolute Gasteiger partial charge is 0.0607 e. The lowest BCUT2D eigenvalue weighted by atomic mass is 10.3. The van der Waals surface area contributed by atoms with Crippen LogP contribution in [0.15, 0.2) is 12.3 Å². The van der Waals surface area contributed by atoms with Crippen LogP contribution in [0.4, 0.5) is 0 Å². The van der Waals surface area contributed by atoms with Crippen LogP contribution >= 0.6 is 0 Å². The number of aliphatic hydroxyl groups is 2. The molecular formula is C10H19N3O2. The zero-order chi connectivity index (χ0) is 11.1. The van der Waals surface area contributed by atoms with Crippen molar-refractivity contribution in [3.05, 3.63) is 18.0 Å².